The number of aliphatic hydroxyl groups is 1. The van der Waals surface area contributed by atoms with Crippen LogP contribution in [0.4, 0.5) is 0 Å². The highest BCUT2D eigenvalue weighted by Gasteiger charge is 2.16. The number of rotatable bonds is 3. The Labute approximate surface area is 104 Å². The number of hydrogen-bond acceptors (Lipinski definition) is 5. The van der Waals surface area contributed by atoms with Gasteiger partial charge in [-0.1, -0.05) is 5.21 Å². The van der Waals surface area contributed by atoms with Gasteiger partial charge >= 0.3 is 0 Å². The van der Waals surface area contributed by atoms with Crippen LogP contribution in [0.2, 0.25) is 0 Å². The van der Waals surface area contributed by atoms with E-state index in [0.717, 1.165) is 24.6 Å². The number of nitrogens with zero attached hydrogens (tertiary/aromatic N) is 6. The van der Waals surface area contributed by atoms with Crippen LogP contribution in [-0.2, 0) is 19.5 Å². The molecule has 1 atom stereocenters. The van der Waals surface area contributed by atoms with Gasteiger partial charge in [0.15, 0.2) is 5.82 Å². The Balaban J connectivity index is 1.81. The number of fused-ring (bicyclic) bond motifs is 1. The Bertz CT molecular complexity index is 543. The van der Waals surface area contributed by atoms with Gasteiger partial charge in [-0.25, -0.2) is 4.68 Å². The molecule has 0 fully saturated rings. The van der Waals surface area contributed by atoms with Crippen molar-refractivity contribution in [3.05, 3.63) is 23.5 Å². The Kier molecular flexibility index (Phi) is 2.83. The van der Waals surface area contributed by atoms with E-state index in [1.165, 1.54) is 12.8 Å². The standard InChI is InChI=1S/C11H16N6O/c1-8(18)9-6-16(15-12-9)7-11-14-13-10-4-2-3-5-17(10)11/h6,8,18H,2-5,7H2,1H3. The predicted molar refractivity (Wildman–Crippen MR) is 62.7 cm³/mol. The van der Waals surface area contributed by atoms with Crippen LogP contribution in [0.25, 0.3) is 0 Å². The topological polar surface area (TPSA) is 81.6 Å². The lowest BCUT2D eigenvalue weighted by atomic mass is 10.2. The van der Waals surface area contributed by atoms with Gasteiger partial charge < -0.3 is 9.67 Å². The lowest BCUT2D eigenvalue weighted by Crippen LogP contribution is -2.15. The van der Waals surface area contributed by atoms with E-state index >= 15 is 0 Å². The SMILES string of the molecule is CC(O)c1cn(Cc2nnc3n2CCCC3)nn1. The van der Waals surface area contributed by atoms with Gasteiger partial charge in [0.25, 0.3) is 0 Å². The molecule has 0 radical (unpaired) electrons. The van der Waals surface area contributed by atoms with Crippen LogP contribution >= 0.6 is 0 Å². The van der Waals surface area contributed by atoms with Crippen molar-refractivity contribution in [2.45, 2.75) is 45.4 Å². The fraction of sp³-hybridized carbons (Fsp3) is 0.636. The van der Waals surface area contributed by atoms with Crippen molar-refractivity contribution in [1.29, 1.82) is 0 Å². The molecule has 0 aromatic carbocycles. The molecule has 2 aromatic rings. The van der Waals surface area contributed by atoms with Gasteiger partial charge in [-0.3, -0.25) is 0 Å². The second-order valence-electron chi connectivity index (χ2n) is 4.66. The van der Waals surface area contributed by atoms with Gasteiger partial charge in [-0.2, -0.15) is 0 Å². The molecule has 0 aliphatic carbocycles. The van der Waals surface area contributed by atoms with Crippen LogP contribution in [0, 0.1) is 0 Å². The maximum atomic E-state index is 9.41. The summed E-state index contributed by atoms with van der Waals surface area (Å²) < 4.78 is 3.85. The maximum absolute atomic E-state index is 9.41. The first-order chi connectivity index (χ1) is 8.74. The Morgan fingerprint density at radius 3 is 3.00 bits per heavy atom. The summed E-state index contributed by atoms with van der Waals surface area (Å²) in [5.41, 5.74) is 0.577. The zero-order valence-corrected chi connectivity index (χ0v) is 10.3. The first-order valence-electron chi connectivity index (χ1n) is 6.23. The van der Waals surface area contributed by atoms with E-state index in [9.17, 15) is 5.11 Å². The van der Waals surface area contributed by atoms with Crippen LogP contribution in [0.15, 0.2) is 6.20 Å². The largest absolute Gasteiger partial charge is 0.387 e. The molecular formula is C11H16N6O. The minimum atomic E-state index is -0.592. The molecule has 0 saturated carbocycles. The van der Waals surface area contributed by atoms with Gasteiger partial charge in [-0.05, 0) is 19.8 Å². The Morgan fingerprint density at radius 2 is 2.22 bits per heavy atom. The molecule has 0 bridgehead atoms. The molecule has 1 N–H and O–H groups in total. The van der Waals surface area contributed by atoms with Crippen molar-refractivity contribution in [1.82, 2.24) is 29.8 Å². The van der Waals surface area contributed by atoms with Crippen molar-refractivity contribution in [2.75, 3.05) is 0 Å². The Morgan fingerprint density at radius 1 is 1.33 bits per heavy atom. The molecule has 0 amide bonds. The van der Waals surface area contributed by atoms with Crippen LogP contribution in [-0.4, -0.2) is 34.9 Å². The van der Waals surface area contributed by atoms with Crippen molar-refractivity contribution in [3.8, 4) is 0 Å². The molecule has 96 valence electrons. The summed E-state index contributed by atoms with van der Waals surface area (Å²) in [6.07, 6.45) is 4.52. The predicted octanol–water partition coefficient (Wildman–Crippen LogP) is 0.307. The molecule has 0 spiro atoms. The van der Waals surface area contributed by atoms with Gasteiger partial charge in [0, 0.05) is 13.0 Å². The van der Waals surface area contributed by atoms with Crippen LogP contribution in [0.5, 0.6) is 0 Å². The van der Waals surface area contributed by atoms with E-state index in [1.54, 1.807) is 17.8 Å². The number of aryl methyl sites for hydroxylation is 1. The zero-order valence-electron chi connectivity index (χ0n) is 10.3. The number of hydrogen-bond donors (Lipinski definition) is 1. The molecule has 1 aliphatic heterocycles. The summed E-state index contributed by atoms with van der Waals surface area (Å²) in [5.74, 6) is 1.97. The normalized spacial score (nSPS) is 16.6. The van der Waals surface area contributed by atoms with Crippen molar-refractivity contribution in [2.24, 2.45) is 0 Å². The second-order valence-corrected chi connectivity index (χ2v) is 4.66. The molecule has 0 saturated heterocycles. The molecule has 2 aromatic heterocycles. The van der Waals surface area contributed by atoms with E-state index in [4.69, 9.17) is 0 Å². The summed E-state index contributed by atoms with van der Waals surface area (Å²) in [5, 5.41) is 25.7. The fourth-order valence-corrected chi connectivity index (χ4v) is 2.21. The third-order valence-corrected chi connectivity index (χ3v) is 3.22. The van der Waals surface area contributed by atoms with E-state index in [1.807, 2.05) is 0 Å². The first kappa shape index (κ1) is 11.3. The van der Waals surface area contributed by atoms with Gasteiger partial charge in [0.2, 0.25) is 0 Å². The lowest BCUT2D eigenvalue weighted by molar-refractivity contribution is 0.194. The minimum Gasteiger partial charge on any atom is -0.387 e. The zero-order chi connectivity index (χ0) is 12.5. The molecule has 18 heavy (non-hydrogen) atoms. The van der Waals surface area contributed by atoms with Crippen LogP contribution in [0.1, 0.15) is 43.2 Å². The third kappa shape index (κ3) is 2.01. The molecule has 7 nitrogen and oxygen atoms in total. The van der Waals surface area contributed by atoms with Crippen molar-refractivity contribution >= 4 is 0 Å². The lowest BCUT2D eigenvalue weighted by Gasteiger charge is -2.14. The summed E-state index contributed by atoms with van der Waals surface area (Å²) in [7, 11) is 0. The monoisotopic (exact) mass is 248 g/mol. The minimum absolute atomic E-state index is 0.548. The number of aliphatic hydroxyl groups excluding tert-OH is 1. The van der Waals surface area contributed by atoms with Gasteiger partial charge in [-0.15, -0.1) is 15.3 Å². The summed E-state index contributed by atoms with van der Waals surface area (Å²) >= 11 is 0. The van der Waals surface area contributed by atoms with Crippen molar-refractivity contribution in [3.63, 3.8) is 0 Å². The summed E-state index contributed by atoms with van der Waals surface area (Å²) in [6.45, 7) is 3.20. The molecule has 3 heterocycles. The third-order valence-electron chi connectivity index (χ3n) is 3.22. The second kappa shape index (κ2) is 4.49. The van der Waals surface area contributed by atoms with E-state index < -0.39 is 6.10 Å². The van der Waals surface area contributed by atoms with Crippen LogP contribution in [0.3, 0.4) is 0 Å². The smallest absolute Gasteiger partial charge is 0.154 e. The maximum Gasteiger partial charge on any atom is 0.154 e. The Hall–Kier alpha value is -1.76. The van der Waals surface area contributed by atoms with E-state index in [0.29, 0.717) is 12.2 Å². The average molecular weight is 248 g/mol. The van der Waals surface area contributed by atoms with E-state index in [2.05, 4.69) is 25.1 Å². The quantitative estimate of drug-likeness (QED) is 0.845. The highest BCUT2D eigenvalue weighted by Crippen LogP contribution is 2.15. The van der Waals surface area contributed by atoms with E-state index in [-0.39, 0.29) is 0 Å². The summed E-state index contributed by atoms with van der Waals surface area (Å²) in [6, 6.07) is 0. The molecule has 3 rings (SSSR count). The average Bonchev–Trinajstić information content (AvgIpc) is 2.98. The van der Waals surface area contributed by atoms with Gasteiger partial charge in [0.1, 0.15) is 18.1 Å². The molecule has 1 aliphatic rings. The fourth-order valence-electron chi connectivity index (χ4n) is 2.21. The first-order valence-corrected chi connectivity index (χ1v) is 6.23. The molecule has 7 heteroatoms. The highest BCUT2D eigenvalue weighted by atomic mass is 16.3. The number of aromatic nitrogens is 6. The van der Waals surface area contributed by atoms with Gasteiger partial charge in [0.05, 0.1) is 12.3 Å². The van der Waals surface area contributed by atoms with Crippen molar-refractivity contribution < 1.29 is 5.11 Å². The molecule has 1 unspecified atom stereocenters. The summed E-state index contributed by atoms with van der Waals surface area (Å²) in [4.78, 5) is 0. The molecular weight excluding hydrogens is 232 g/mol. The highest BCUT2D eigenvalue weighted by molar-refractivity contribution is 5.01. The van der Waals surface area contributed by atoms with Crippen LogP contribution < -0.4 is 0 Å².